The number of nitrogens with zero attached hydrogens (tertiary/aromatic N) is 2. The highest BCUT2D eigenvalue weighted by molar-refractivity contribution is 5.77. The molecule has 1 fully saturated rings. The van der Waals surface area contributed by atoms with Crippen molar-refractivity contribution in [2.24, 2.45) is 0 Å². The number of rotatable bonds is 6. The minimum absolute atomic E-state index is 0.150. The molecule has 2 rings (SSSR count). The van der Waals surface area contributed by atoms with Gasteiger partial charge in [0.05, 0.1) is 0 Å². The maximum Gasteiger partial charge on any atom is 0.266 e. The van der Waals surface area contributed by atoms with E-state index in [-0.39, 0.29) is 17.0 Å². The second-order valence-corrected chi connectivity index (χ2v) is 6.74. The zero-order valence-corrected chi connectivity index (χ0v) is 15.4. The molecule has 2 heterocycles. The number of aromatic nitrogens is 1. The van der Waals surface area contributed by atoms with Gasteiger partial charge in [-0.2, -0.15) is 5.26 Å². The first-order valence-corrected chi connectivity index (χ1v) is 9.12. The van der Waals surface area contributed by atoms with Gasteiger partial charge in [-0.25, -0.2) is 0 Å². The van der Waals surface area contributed by atoms with Crippen LogP contribution in [0, 0.1) is 25.2 Å². The molecule has 1 aliphatic heterocycles. The average Bonchev–Trinajstić information content (AvgIpc) is 2.60. The van der Waals surface area contributed by atoms with Gasteiger partial charge in [-0.1, -0.05) is 6.92 Å². The number of carbonyl (C=O) groups excluding carboxylic acids is 1. The zero-order valence-electron chi connectivity index (χ0n) is 15.4. The molecule has 25 heavy (non-hydrogen) atoms. The van der Waals surface area contributed by atoms with Gasteiger partial charge in [0.2, 0.25) is 5.91 Å². The number of hydrogen-bond donors (Lipinski definition) is 2. The van der Waals surface area contributed by atoms with Crippen molar-refractivity contribution in [1.82, 2.24) is 15.2 Å². The minimum atomic E-state index is -0.352. The Morgan fingerprint density at radius 1 is 1.32 bits per heavy atom. The number of aryl methyl sites for hydroxylation is 1. The van der Waals surface area contributed by atoms with E-state index in [2.05, 4.69) is 17.2 Å². The summed E-state index contributed by atoms with van der Waals surface area (Å²) < 4.78 is 0. The molecule has 0 saturated carbocycles. The lowest BCUT2D eigenvalue weighted by Gasteiger charge is -2.34. The predicted molar refractivity (Wildman–Crippen MR) is 97.5 cm³/mol. The number of H-pyrrole nitrogens is 1. The maximum atomic E-state index is 12.8. The average molecular weight is 344 g/mol. The van der Waals surface area contributed by atoms with Gasteiger partial charge in [0, 0.05) is 24.7 Å². The first-order chi connectivity index (χ1) is 12.0. The molecule has 0 radical (unpaired) electrons. The molecule has 6 nitrogen and oxygen atoms in total. The fraction of sp³-hybridized carbons (Fsp3) is 0.632. The van der Waals surface area contributed by atoms with Crippen molar-refractivity contribution in [2.45, 2.75) is 58.9 Å². The Bertz CT molecular complexity index is 711. The van der Waals surface area contributed by atoms with E-state index in [1.165, 1.54) is 0 Å². The summed E-state index contributed by atoms with van der Waals surface area (Å²) in [5.41, 5.74) is 2.15. The van der Waals surface area contributed by atoms with E-state index in [1.807, 2.05) is 17.9 Å². The Morgan fingerprint density at radius 2 is 2.00 bits per heavy atom. The summed E-state index contributed by atoms with van der Waals surface area (Å²) in [7, 11) is 0. The lowest BCUT2D eigenvalue weighted by atomic mass is 9.98. The van der Waals surface area contributed by atoms with Crippen molar-refractivity contribution in [3.05, 3.63) is 32.7 Å². The molecule has 1 aromatic heterocycles. The second-order valence-electron chi connectivity index (χ2n) is 6.74. The van der Waals surface area contributed by atoms with Gasteiger partial charge in [0.25, 0.3) is 5.56 Å². The fourth-order valence-corrected chi connectivity index (χ4v) is 3.67. The van der Waals surface area contributed by atoms with Crippen LogP contribution in [-0.4, -0.2) is 41.5 Å². The van der Waals surface area contributed by atoms with Crippen molar-refractivity contribution >= 4 is 5.91 Å². The summed E-state index contributed by atoms with van der Waals surface area (Å²) >= 11 is 0. The molecule has 0 bridgehead atoms. The summed E-state index contributed by atoms with van der Waals surface area (Å²) in [6.45, 7) is 8.42. The van der Waals surface area contributed by atoms with E-state index in [4.69, 9.17) is 5.26 Å². The Kier molecular flexibility index (Phi) is 6.77. The van der Waals surface area contributed by atoms with Crippen LogP contribution >= 0.6 is 0 Å². The summed E-state index contributed by atoms with van der Waals surface area (Å²) in [6, 6.07) is 2.29. The van der Waals surface area contributed by atoms with E-state index < -0.39 is 0 Å². The third kappa shape index (κ3) is 4.49. The molecule has 6 heteroatoms. The Balaban J connectivity index is 2.12. The second kappa shape index (κ2) is 8.82. The monoisotopic (exact) mass is 344 g/mol. The van der Waals surface area contributed by atoms with Gasteiger partial charge in [-0.15, -0.1) is 0 Å². The van der Waals surface area contributed by atoms with Gasteiger partial charge >= 0.3 is 0 Å². The fourth-order valence-electron chi connectivity index (χ4n) is 3.67. The van der Waals surface area contributed by atoms with Crippen molar-refractivity contribution < 1.29 is 4.79 Å². The summed E-state index contributed by atoms with van der Waals surface area (Å²) in [4.78, 5) is 29.4. The van der Waals surface area contributed by atoms with E-state index >= 15 is 0 Å². The van der Waals surface area contributed by atoms with Crippen LogP contribution in [0.1, 0.15) is 55.0 Å². The number of nitrogens with one attached hydrogen (secondary N) is 2. The molecule has 0 unspecified atom stereocenters. The van der Waals surface area contributed by atoms with Crippen LogP contribution in [0.5, 0.6) is 0 Å². The number of nitriles is 1. The first kappa shape index (κ1) is 19.2. The molecular weight excluding hydrogens is 316 g/mol. The summed E-state index contributed by atoms with van der Waals surface area (Å²) in [6.07, 6.45) is 3.91. The zero-order chi connectivity index (χ0) is 18.4. The van der Waals surface area contributed by atoms with Crippen molar-refractivity contribution in [3.8, 4) is 6.07 Å². The van der Waals surface area contributed by atoms with Crippen molar-refractivity contribution in [1.29, 1.82) is 5.26 Å². The van der Waals surface area contributed by atoms with E-state index in [0.29, 0.717) is 24.4 Å². The van der Waals surface area contributed by atoms with Gasteiger partial charge in [-0.05, 0) is 63.7 Å². The topological polar surface area (TPSA) is 89.0 Å². The van der Waals surface area contributed by atoms with E-state index in [0.717, 1.165) is 50.2 Å². The maximum absolute atomic E-state index is 12.8. The Hall–Kier alpha value is -2.13. The van der Waals surface area contributed by atoms with Crippen LogP contribution in [0.3, 0.4) is 0 Å². The predicted octanol–water partition coefficient (Wildman–Crippen LogP) is 1.79. The molecule has 2 N–H and O–H groups in total. The van der Waals surface area contributed by atoms with Gasteiger partial charge in [0.1, 0.15) is 11.6 Å². The highest BCUT2D eigenvalue weighted by Gasteiger charge is 2.24. The molecule has 0 atom stereocenters. The number of aromatic amines is 1. The van der Waals surface area contributed by atoms with Crippen LogP contribution in [0.4, 0.5) is 0 Å². The number of piperidine rings is 1. The standard InChI is InChI=1S/C19H28N4O2/c1-4-11-23(15-7-9-21-10-8-15)18(24)6-5-16-13(2)17(12-20)19(25)22-14(16)3/h15,21H,4-11H2,1-3H3,(H,22,25). The molecular formula is C19H28N4O2. The number of amides is 1. The molecule has 1 saturated heterocycles. The highest BCUT2D eigenvalue weighted by atomic mass is 16.2. The highest BCUT2D eigenvalue weighted by Crippen LogP contribution is 2.18. The summed E-state index contributed by atoms with van der Waals surface area (Å²) in [5.74, 6) is 0.164. The van der Waals surface area contributed by atoms with Crippen LogP contribution < -0.4 is 10.9 Å². The van der Waals surface area contributed by atoms with Crippen LogP contribution in [0.15, 0.2) is 4.79 Å². The van der Waals surface area contributed by atoms with Gasteiger partial charge < -0.3 is 15.2 Å². The van der Waals surface area contributed by atoms with Gasteiger partial charge in [-0.3, -0.25) is 9.59 Å². The number of hydrogen-bond acceptors (Lipinski definition) is 4. The minimum Gasteiger partial charge on any atom is -0.340 e. The third-order valence-electron chi connectivity index (χ3n) is 5.04. The molecule has 0 aromatic carbocycles. The molecule has 1 aliphatic rings. The van der Waals surface area contributed by atoms with Gasteiger partial charge in [0.15, 0.2) is 0 Å². The SMILES string of the molecule is CCCN(C(=O)CCc1c(C)[nH]c(=O)c(C#N)c1C)C1CCNCC1. The smallest absolute Gasteiger partial charge is 0.266 e. The number of pyridine rings is 1. The van der Waals surface area contributed by atoms with Crippen LogP contribution in [0.25, 0.3) is 0 Å². The van der Waals surface area contributed by atoms with Crippen LogP contribution in [-0.2, 0) is 11.2 Å². The van der Waals surface area contributed by atoms with Crippen molar-refractivity contribution in [2.75, 3.05) is 19.6 Å². The normalized spacial score (nSPS) is 15.0. The lowest BCUT2D eigenvalue weighted by Crippen LogP contribution is -2.46. The number of carbonyl (C=O) groups is 1. The van der Waals surface area contributed by atoms with Crippen LogP contribution in [0.2, 0.25) is 0 Å². The van der Waals surface area contributed by atoms with E-state index in [1.54, 1.807) is 6.92 Å². The molecule has 136 valence electrons. The molecule has 1 amide bonds. The quantitative estimate of drug-likeness (QED) is 0.823. The molecule has 0 aliphatic carbocycles. The molecule has 1 aromatic rings. The van der Waals surface area contributed by atoms with E-state index in [9.17, 15) is 9.59 Å². The lowest BCUT2D eigenvalue weighted by molar-refractivity contribution is -0.134. The first-order valence-electron chi connectivity index (χ1n) is 9.12. The largest absolute Gasteiger partial charge is 0.340 e. The molecule has 0 spiro atoms. The summed E-state index contributed by atoms with van der Waals surface area (Å²) in [5, 5.41) is 12.5. The van der Waals surface area contributed by atoms with Crippen molar-refractivity contribution in [3.63, 3.8) is 0 Å². The Labute approximate surface area is 149 Å². The Morgan fingerprint density at radius 3 is 2.60 bits per heavy atom. The third-order valence-corrected chi connectivity index (χ3v) is 5.04.